The molecule has 0 aliphatic heterocycles. The van der Waals surface area contributed by atoms with E-state index in [1.54, 1.807) is 6.33 Å². The van der Waals surface area contributed by atoms with Crippen LogP contribution < -0.4 is 0 Å². The summed E-state index contributed by atoms with van der Waals surface area (Å²) < 4.78 is 0. The van der Waals surface area contributed by atoms with Crippen molar-refractivity contribution in [3.8, 4) is 23.3 Å². The van der Waals surface area contributed by atoms with E-state index >= 15 is 0 Å². The van der Waals surface area contributed by atoms with Crippen LogP contribution in [-0.2, 0) is 19.6 Å². The highest BCUT2D eigenvalue weighted by Crippen LogP contribution is 2.32. The molecule has 0 bridgehead atoms. The summed E-state index contributed by atoms with van der Waals surface area (Å²) in [5.74, 6) is 0. The first-order chi connectivity index (χ1) is 17.2. The first-order valence-corrected chi connectivity index (χ1v) is 11.4. The van der Waals surface area contributed by atoms with E-state index in [1.807, 2.05) is 60.8 Å². The lowest BCUT2D eigenvalue weighted by atomic mass is 9.93. The predicted molar refractivity (Wildman–Crippen MR) is 151 cm³/mol. The third-order valence-corrected chi connectivity index (χ3v) is 6.13. The summed E-state index contributed by atoms with van der Waals surface area (Å²) in [6.45, 7) is 2.11. The molecule has 0 amide bonds. The third-order valence-electron chi connectivity index (χ3n) is 6.13. The molecule has 0 atom stereocenters. The molecule has 1 N–H and O–H groups in total. The maximum absolute atomic E-state index is 9.84. The van der Waals surface area contributed by atoms with Gasteiger partial charge >= 0.3 is 0 Å². The zero-order valence-electron chi connectivity index (χ0n) is 20.0. The average Bonchev–Trinajstić information content (AvgIpc) is 3.42. The van der Waals surface area contributed by atoms with Gasteiger partial charge in [-0.05, 0) is 51.7 Å². The Morgan fingerprint density at radius 1 is 0.730 bits per heavy atom. The van der Waals surface area contributed by atoms with Gasteiger partial charge in [0, 0.05) is 37.1 Å². The molecule has 0 radical (unpaired) electrons. The predicted octanol–water partition coefficient (Wildman–Crippen LogP) is 7.02. The Morgan fingerprint density at radius 2 is 1.46 bits per heavy atom. The Labute approximate surface area is 228 Å². The molecule has 184 valence electrons. The standard InChI is InChI=1S/C30H23N5.2ClH/c31-15-22-8-10-23(11-9-22)18-35(20-27-17-33-21-34-27)19-24-12-13-26(16-32)30(14-24)29-7-3-5-25-4-1-2-6-28(25)29;;/h1-14,17,21H,18-20H2,(H,33,34);2*1H. The van der Waals surface area contributed by atoms with Crippen LogP contribution in [0.1, 0.15) is 27.9 Å². The number of benzene rings is 4. The van der Waals surface area contributed by atoms with Crippen molar-refractivity contribution in [2.75, 3.05) is 0 Å². The highest BCUT2D eigenvalue weighted by molar-refractivity contribution is 5.97. The van der Waals surface area contributed by atoms with Gasteiger partial charge in [0.1, 0.15) is 0 Å². The molecular formula is C30H25Cl2N5. The van der Waals surface area contributed by atoms with Gasteiger partial charge in [-0.3, -0.25) is 4.90 Å². The topological polar surface area (TPSA) is 79.5 Å². The number of rotatable bonds is 7. The fourth-order valence-electron chi connectivity index (χ4n) is 4.45. The van der Waals surface area contributed by atoms with E-state index in [1.165, 1.54) is 0 Å². The largest absolute Gasteiger partial charge is 0.347 e. The molecular weight excluding hydrogens is 501 g/mol. The van der Waals surface area contributed by atoms with Gasteiger partial charge in [-0.2, -0.15) is 10.5 Å². The van der Waals surface area contributed by atoms with E-state index in [2.05, 4.69) is 57.3 Å². The van der Waals surface area contributed by atoms with Crippen molar-refractivity contribution in [3.05, 3.63) is 125 Å². The molecule has 1 heterocycles. The summed E-state index contributed by atoms with van der Waals surface area (Å²) in [6, 6.07) is 32.8. The minimum absolute atomic E-state index is 0. The lowest BCUT2D eigenvalue weighted by Crippen LogP contribution is -2.22. The number of imidazole rings is 1. The molecule has 4 aromatic carbocycles. The van der Waals surface area contributed by atoms with Gasteiger partial charge in [-0.1, -0.05) is 60.7 Å². The summed E-state index contributed by atoms with van der Waals surface area (Å²) in [5, 5.41) is 21.2. The Hall–Kier alpha value is -4.13. The number of nitrogens with zero attached hydrogens (tertiary/aromatic N) is 4. The molecule has 5 nitrogen and oxygen atoms in total. The van der Waals surface area contributed by atoms with Gasteiger partial charge in [0.15, 0.2) is 0 Å². The normalized spacial score (nSPS) is 10.2. The average molecular weight is 526 g/mol. The SMILES string of the molecule is Cl.Cl.N#Cc1ccc(CN(Cc2ccc(C#N)c(-c3cccc4ccccc34)c2)Cc2cnc[nH]2)cc1. The van der Waals surface area contributed by atoms with Crippen molar-refractivity contribution in [1.82, 2.24) is 14.9 Å². The van der Waals surface area contributed by atoms with Crippen LogP contribution in [0, 0.1) is 22.7 Å². The molecule has 0 aliphatic carbocycles. The van der Waals surface area contributed by atoms with Crippen LogP contribution in [0.2, 0.25) is 0 Å². The quantitative estimate of drug-likeness (QED) is 0.247. The number of nitriles is 2. The monoisotopic (exact) mass is 525 g/mol. The van der Waals surface area contributed by atoms with E-state index in [0.29, 0.717) is 30.8 Å². The molecule has 37 heavy (non-hydrogen) atoms. The van der Waals surface area contributed by atoms with Gasteiger partial charge in [0.25, 0.3) is 0 Å². The molecule has 5 aromatic rings. The van der Waals surface area contributed by atoms with Crippen LogP contribution >= 0.6 is 24.8 Å². The van der Waals surface area contributed by atoms with Gasteiger partial charge in [0.2, 0.25) is 0 Å². The molecule has 1 aromatic heterocycles. The van der Waals surface area contributed by atoms with Crippen molar-refractivity contribution in [2.45, 2.75) is 19.6 Å². The molecule has 0 saturated carbocycles. The van der Waals surface area contributed by atoms with E-state index in [-0.39, 0.29) is 24.8 Å². The fraction of sp³-hybridized carbons (Fsp3) is 0.100. The number of aromatic nitrogens is 2. The van der Waals surface area contributed by atoms with Gasteiger partial charge < -0.3 is 4.98 Å². The number of H-pyrrole nitrogens is 1. The van der Waals surface area contributed by atoms with Crippen molar-refractivity contribution in [3.63, 3.8) is 0 Å². The van der Waals surface area contributed by atoms with Gasteiger partial charge in [0.05, 0.1) is 29.6 Å². The zero-order chi connectivity index (χ0) is 24.0. The number of aromatic amines is 1. The number of fused-ring (bicyclic) bond motifs is 1. The van der Waals surface area contributed by atoms with Crippen LogP contribution in [0.3, 0.4) is 0 Å². The van der Waals surface area contributed by atoms with Crippen LogP contribution in [0.15, 0.2) is 97.5 Å². The van der Waals surface area contributed by atoms with Crippen LogP contribution in [-0.4, -0.2) is 14.9 Å². The number of hydrogen-bond donors (Lipinski definition) is 1. The minimum Gasteiger partial charge on any atom is -0.347 e. The summed E-state index contributed by atoms with van der Waals surface area (Å²) in [4.78, 5) is 9.68. The Kier molecular flexibility index (Phi) is 9.44. The maximum Gasteiger partial charge on any atom is 0.0998 e. The highest BCUT2D eigenvalue weighted by atomic mass is 35.5. The molecule has 0 fully saturated rings. The molecule has 7 heteroatoms. The fourth-order valence-corrected chi connectivity index (χ4v) is 4.45. The Bertz CT molecular complexity index is 1540. The van der Waals surface area contributed by atoms with Crippen molar-refractivity contribution >= 4 is 35.6 Å². The molecule has 0 aliphatic rings. The van der Waals surface area contributed by atoms with Crippen LogP contribution in [0.4, 0.5) is 0 Å². The summed E-state index contributed by atoms with van der Waals surface area (Å²) >= 11 is 0. The second-order valence-corrected chi connectivity index (χ2v) is 8.55. The summed E-state index contributed by atoms with van der Waals surface area (Å²) in [6.07, 6.45) is 3.53. The molecule has 0 unspecified atom stereocenters. The van der Waals surface area contributed by atoms with Crippen molar-refractivity contribution in [1.29, 1.82) is 10.5 Å². The number of nitrogens with one attached hydrogen (secondary N) is 1. The Balaban J connectivity index is 0.00000190. The minimum atomic E-state index is 0. The smallest absolute Gasteiger partial charge is 0.0998 e. The Morgan fingerprint density at radius 3 is 2.19 bits per heavy atom. The lowest BCUT2D eigenvalue weighted by molar-refractivity contribution is 0.245. The van der Waals surface area contributed by atoms with E-state index in [0.717, 1.165) is 38.7 Å². The summed E-state index contributed by atoms with van der Waals surface area (Å²) in [5.41, 5.74) is 6.61. The van der Waals surface area contributed by atoms with E-state index < -0.39 is 0 Å². The van der Waals surface area contributed by atoms with Gasteiger partial charge in [-0.15, -0.1) is 24.8 Å². The maximum atomic E-state index is 9.84. The van der Waals surface area contributed by atoms with E-state index in [9.17, 15) is 5.26 Å². The lowest BCUT2D eigenvalue weighted by Gasteiger charge is -2.22. The third kappa shape index (κ3) is 6.36. The summed E-state index contributed by atoms with van der Waals surface area (Å²) in [7, 11) is 0. The van der Waals surface area contributed by atoms with Gasteiger partial charge in [-0.25, -0.2) is 4.98 Å². The van der Waals surface area contributed by atoms with Crippen molar-refractivity contribution < 1.29 is 0 Å². The highest BCUT2D eigenvalue weighted by Gasteiger charge is 2.14. The first kappa shape index (κ1) is 27.5. The molecule has 0 spiro atoms. The number of hydrogen-bond acceptors (Lipinski definition) is 4. The van der Waals surface area contributed by atoms with Crippen LogP contribution in [0.5, 0.6) is 0 Å². The first-order valence-electron chi connectivity index (χ1n) is 11.4. The molecule has 0 saturated heterocycles. The zero-order valence-corrected chi connectivity index (χ0v) is 21.6. The van der Waals surface area contributed by atoms with Crippen LogP contribution in [0.25, 0.3) is 21.9 Å². The number of halogens is 2. The van der Waals surface area contributed by atoms with E-state index in [4.69, 9.17) is 5.26 Å². The molecule has 5 rings (SSSR count). The second kappa shape index (κ2) is 12.7. The second-order valence-electron chi connectivity index (χ2n) is 8.55. The van der Waals surface area contributed by atoms with Crippen molar-refractivity contribution in [2.24, 2.45) is 0 Å².